The van der Waals surface area contributed by atoms with E-state index in [0.29, 0.717) is 16.2 Å². The molecule has 0 spiro atoms. The molecule has 14 heavy (non-hydrogen) atoms. The molecule has 0 aliphatic carbocycles. The maximum Gasteiger partial charge on any atom is 0.147 e. The normalized spacial score (nSPS) is 11.0. The van der Waals surface area contributed by atoms with Crippen molar-refractivity contribution in [1.29, 1.82) is 0 Å². The maximum absolute atomic E-state index is 5.89. The predicted octanol–water partition coefficient (Wildman–Crippen LogP) is 3.98. The van der Waals surface area contributed by atoms with Gasteiger partial charge >= 0.3 is 0 Å². The molecule has 1 aromatic heterocycles. The third-order valence-electron chi connectivity index (χ3n) is 1.76. The summed E-state index contributed by atoms with van der Waals surface area (Å²) in [5.74, 6) is 1.37. The fraction of sp³-hybridized carbons (Fsp3) is 0.556. The second-order valence-corrected chi connectivity index (χ2v) is 5.26. The Kier molecular flexibility index (Phi) is 4.87. The standard InChI is InChI=1S/C9H11Cl2IN2/c1-5(2)3-4-6-13-8(10)7(12)9(11)14-6/h5H,3-4H2,1-2H3. The van der Waals surface area contributed by atoms with Crippen LogP contribution in [0.5, 0.6) is 0 Å². The van der Waals surface area contributed by atoms with E-state index in [4.69, 9.17) is 23.2 Å². The smallest absolute Gasteiger partial charge is 0.147 e. The summed E-state index contributed by atoms with van der Waals surface area (Å²) in [6, 6.07) is 0. The molecule has 0 aliphatic rings. The van der Waals surface area contributed by atoms with Crippen molar-refractivity contribution in [2.24, 2.45) is 5.92 Å². The molecule has 5 heteroatoms. The highest BCUT2D eigenvalue weighted by molar-refractivity contribution is 14.1. The summed E-state index contributed by atoms with van der Waals surface area (Å²) in [6.45, 7) is 4.33. The van der Waals surface area contributed by atoms with Crippen molar-refractivity contribution in [1.82, 2.24) is 9.97 Å². The Morgan fingerprint density at radius 1 is 1.21 bits per heavy atom. The molecule has 0 aliphatic heterocycles. The molecular weight excluding hydrogens is 334 g/mol. The Bertz CT molecular complexity index is 306. The van der Waals surface area contributed by atoms with Crippen LogP contribution in [-0.2, 0) is 6.42 Å². The van der Waals surface area contributed by atoms with Crippen LogP contribution in [0.4, 0.5) is 0 Å². The molecule has 0 fully saturated rings. The second-order valence-electron chi connectivity index (χ2n) is 3.47. The summed E-state index contributed by atoms with van der Waals surface area (Å²) in [5, 5.41) is 0.897. The number of rotatable bonds is 3. The van der Waals surface area contributed by atoms with Gasteiger partial charge in [0.15, 0.2) is 0 Å². The Morgan fingerprint density at radius 2 is 1.71 bits per heavy atom. The van der Waals surface area contributed by atoms with Crippen molar-refractivity contribution >= 4 is 45.8 Å². The summed E-state index contributed by atoms with van der Waals surface area (Å²) in [5.41, 5.74) is 0. The molecule has 0 atom stereocenters. The van der Waals surface area contributed by atoms with Crippen LogP contribution in [0.25, 0.3) is 0 Å². The number of aromatic nitrogens is 2. The first-order chi connectivity index (χ1) is 6.50. The summed E-state index contributed by atoms with van der Waals surface area (Å²) >= 11 is 13.8. The van der Waals surface area contributed by atoms with Gasteiger partial charge in [0, 0.05) is 6.42 Å². The lowest BCUT2D eigenvalue weighted by atomic mass is 10.1. The summed E-state index contributed by atoms with van der Waals surface area (Å²) in [7, 11) is 0. The van der Waals surface area contributed by atoms with Gasteiger partial charge in [-0.15, -0.1) is 0 Å². The van der Waals surface area contributed by atoms with Gasteiger partial charge in [-0.2, -0.15) is 0 Å². The van der Waals surface area contributed by atoms with Gasteiger partial charge in [-0.3, -0.25) is 0 Å². The van der Waals surface area contributed by atoms with Gasteiger partial charge in [-0.05, 0) is 34.9 Å². The van der Waals surface area contributed by atoms with Crippen LogP contribution in [0.1, 0.15) is 26.1 Å². The largest absolute Gasteiger partial charge is 0.220 e. The fourth-order valence-corrected chi connectivity index (χ4v) is 1.63. The summed E-state index contributed by atoms with van der Waals surface area (Å²) in [4.78, 5) is 8.34. The number of hydrogen-bond acceptors (Lipinski definition) is 2. The third-order valence-corrected chi connectivity index (χ3v) is 3.97. The van der Waals surface area contributed by atoms with Crippen LogP contribution in [0.15, 0.2) is 0 Å². The van der Waals surface area contributed by atoms with Gasteiger partial charge in [0.1, 0.15) is 16.1 Å². The van der Waals surface area contributed by atoms with E-state index >= 15 is 0 Å². The maximum atomic E-state index is 5.89. The molecule has 2 nitrogen and oxygen atoms in total. The average Bonchev–Trinajstić information content (AvgIpc) is 2.10. The number of nitrogens with zero attached hydrogens (tertiary/aromatic N) is 2. The van der Waals surface area contributed by atoms with Crippen molar-refractivity contribution in [3.05, 3.63) is 19.7 Å². The van der Waals surface area contributed by atoms with E-state index in [1.165, 1.54) is 0 Å². The highest BCUT2D eigenvalue weighted by Crippen LogP contribution is 2.23. The van der Waals surface area contributed by atoms with Gasteiger partial charge in [0.2, 0.25) is 0 Å². The molecule has 0 saturated heterocycles. The lowest BCUT2D eigenvalue weighted by molar-refractivity contribution is 0.574. The van der Waals surface area contributed by atoms with E-state index in [1.54, 1.807) is 0 Å². The van der Waals surface area contributed by atoms with Crippen LogP contribution in [-0.4, -0.2) is 9.97 Å². The monoisotopic (exact) mass is 344 g/mol. The zero-order valence-electron chi connectivity index (χ0n) is 8.02. The first-order valence-electron chi connectivity index (χ1n) is 4.38. The van der Waals surface area contributed by atoms with Crippen LogP contribution in [0.3, 0.4) is 0 Å². The van der Waals surface area contributed by atoms with Gasteiger partial charge in [0.05, 0.1) is 3.57 Å². The van der Waals surface area contributed by atoms with E-state index in [9.17, 15) is 0 Å². The van der Waals surface area contributed by atoms with E-state index in [1.807, 2.05) is 22.6 Å². The molecule has 0 N–H and O–H groups in total. The molecule has 1 aromatic rings. The molecule has 0 aromatic carbocycles. The molecule has 0 radical (unpaired) electrons. The summed E-state index contributed by atoms with van der Waals surface area (Å²) in [6.07, 6.45) is 1.88. The molecular formula is C9H11Cl2IN2. The van der Waals surface area contributed by atoms with Crippen LogP contribution in [0, 0.1) is 9.49 Å². The fourth-order valence-electron chi connectivity index (χ4n) is 0.964. The van der Waals surface area contributed by atoms with Crippen LogP contribution >= 0.6 is 45.8 Å². The van der Waals surface area contributed by atoms with Crippen molar-refractivity contribution in [3.63, 3.8) is 0 Å². The van der Waals surface area contributed by atoms with Gasteiger partial charge in [0.25, 0.3) is 0 Å². The number of hydrogen-bond donors (Lipinski definition) is 0. The molecule has 1 rings (SSSR count). The molecule has 0 unspecified atom stereocenters. The van der Waals surface area contributed by atoms with Gasteiger partial charge in [-0.25, -0.2) is 9.97 Å². The Balaban J connectivity index is 2.79. The second kappa shape index (κ2) is 5.47. The Labute approximate surface area is 108 Å². The zero-order valence-corrected chi connectivity index (χ0v) is 11.7. The molecule has 0 bridgehead atoms. The first-order valence-corrected chi connectivity index (χ1v) is 6.21. The first kappa shape index (κ1) is 12.5. The SMILES string of the molecule is CC(C)CCc1nc(Cl)c(I)c(Cl)n1. The molecule has 0 saturated carbocycles. The molecule has 0 amide bonds. The van der Waals surface area contributed by atoms with Crippen LogP contribution in [0.2, 0.25) is 10.3 Å². The van der Waals surface area contributed by atoms with Crippen LogP contribution < -0.4 is 0 Å². The quantitative estimate of drug-likeness (QED) is 0.612. The number of aryl methyl sites for hydroxylation is 1. The topological polar surface area (TPSA) is 25.8 Å². The zero-order chi connectivity index (χ0) is 10.7. The highest BCUT2D eigenvalue weighted by Gasteiger charge is 2.08. The van der Waals surface area contributed by atoms with Gasteiger partial charge < -0.3 is 0 Å². The van der Waals surface area contributed by atoms with E-state index in [0.717, 1.165) is 22.2 Å². The minimum atomic E-state index is 0.448. The van der Waals surface area contributed by atoms with E-state index < -0.39 is 0 Å². The van der Waals surface area contributed by atoms with Crippen molar-refractivity contribution < 1.29 is 0 Å². The third kappa shape index (κ3) is 3.51. The molecule has 1 heterocycles. The van der Waals surface area contributed by atoms with Crippen molar-refractivity contribution in [2.75, 3.05) is 0 Å². The van der Waals surface area contributed by atoms with Crippen molar-refractivity contribution in [2.45, 2.75) is 26.7 Å². The minimum absolute atomic E-state index is 0.448. The minimum Gasteiger partial charge on any atom is -0.220 e. The van der Waals surface area contributed by atoms with Gasteiger partial charge in [-0.1, -0.05) is 37.0 Å². The lowest BCUT2D eigenvalue weighted by Gasteiger charge is -2.05. The average molecular weight is 345 g/mol. The number of halogens is 3. The highest BCUT2D eigenvalue weighted by atomic mass is 127. The summed E-state index contributed by atoms with van der Waals surface area (Å²) < 4.78 is 0.722. The lowest BCUT2D eigenvalue weighted by Crippen LogP contribution is -2.00. The Morgan fingerprint density at radius 3 is 2.14 bits per heavy atom. The van der Waals surface area contributed by atoms with E-state index in [-0.39, 0.29) is 0 Å². The predicted molar refractivity (Wildman–Crippen MR) is 67.9 cm³/mol. The Hall–Kier alpha value is 0.390. The van der Waals surface area contributed by atoms with E-state index in [2.05, 4.69) is 23.8 Å². The molecule has 78 valence electrons. The van der Waals surface area contributed by atoms with Crippen molar-refractivity contribution in [3.8, 4) is 0 Å².